The summed E-state index contributed by atoms with van der Waals surface area (Å²) in [6.45, 7) is 3.24. The number of rotatable bonds is 5. The quantitative estimate of drug-likeness (QED) is 0.904. The van der Waals surface area contributed by atoms with Gasteiger partial charge in [-0.1, -0.05) is 18.5 Å². The second-order valence-corrected chi connectivity index (χ2v) is 6.60. The maximum Gasteiger partial charge on any atom is 0.321 e. The van der Waals surface area contributed by atoms with E-state index in [4.69, 9.17) is 16.7 Å². The van der Waals surface area contributed by atoms with Gasteiger partial charge in [-0.15, -0.1) is 0 Å². The summed E-state index contributed by atoms with van der Waals surface area (Å²) >= 11 is 5.78. The second kappa shape index (κ2) is 5.90. The Morgan fingerprint density at radius 3 is 2.47 bits per heavy atom. The third-order valence-corrected chi connectivity index (χ3v) is 5.17. The molecule has 1 aromatic carbocycles. The van der Waals surface area contributed by atoms with E-state index < -0.39 is 22.0 Å². The molecule has 0 heterocycles. The molecular weight excluding hydrogens is 290 g/mol. The van der Waals surface area contributed by atoms with Gasteiger partial charge in [0.15, 0.2) is 0 Å². The molecule has 0 saturated carbocycles. The van der Waals surface area contributed by atoms with Crippen LogP contribution in [-0.4, -0.2) is 36.9 Å². The standard InChI is InChI=1S/C12H16ClNO4S/c1-4-10(12(15)16)14(3)19(17,18)11-6-5-9(13)7-8(11)2/h5-7,10H,4H2,1-3H3,(H,15,16). The van der Waals surface area contributed by atoms with E-state index in [1.807, 2.05) is 0 Å². The number of aryl methyl sites for hydroxylation is 1. The first-order valence-electron chi connectivity index (χ1n) is 5.68. The minimum atomic E-state index is -3.85. The van der Waals surface area contributed by atoms with Crippen molar-refractivity contribution in [2.75, 3.05) is 7.05 Å². The van der Waals surface area contributed by atoms with Crippen LogP contribution < -0.4 is 0 Å². The van der Waals surface area contributed by atoms with Crippen LogP contribution in [0.25, 0.3) is 0 Å². The highest BCUT2D eigenvalue weighted by Crippen LogP contribution is 2.24. The molecule has 0 amide bonds. The Balaban J connectivity index is 3.27. The Kier molecular flexibility index (Phi) is 4.95. The van der Waals surface area contributed by atoms with Gasteiger partial charge in [-0.05, 0) is 37.1 Å². The maximum absolute atomic E-state index is 12.4. The zero-order valence-corrected chi connectivity index (χ0v) is 12.5. The van der Waals surface area contributed by atoms with Crippen LogP contribution in [0.5, 0.6) is 0 Å². The predicted octanol–water partition coefficient (Wildman–Crippen LogP) is 2.13. The number of aliphatic carboxylic acids is 1. The molecule has 19 heavy (non-hydrogen) atoms. The number of carbonyl (C=O) groups is 1. The van der Waals surface area contributed by atoms with Crippen molar-refractivity contribution in [3.05, 3.63) is 28.8 Å². The lowest BCUT2D eigenvalue weighted by Gasteiger charge is -2.24. The molecule has 5 nitrogen and oxygen atoms in total. The van der Waals surface area contributed by atoms with Gasteiger partial charge in [-0.2, -0.15) is 4.31 Å². The van der Waals surface area contributed by atoms with Gasteiger partial charge < -0.3 is 5.11 Å². The summed E-state index contributed by atoms with van der Waals surface area (Å²) in [6, 6.07) is 3.30. The molecular formula is C12H16ClNO4S. The molecule has 0 fully saturated rings. The van der Waals surface area contributed by atoms with Crippen molar-refractivity contribution >= 4 is 27.6 Å². The van der Waals surface area contributed by atoms with E-state index in [1.165, 1.54) is 25.2 Å². The predicted molar refractivity (Wildman–Crippen MR) is 72.9 cm³/mol. The zero-order valence-electron chi connectivity index (χ0n) is 10.9. The van der Waals surface area contributed by atoms with Crippen molar-refractivity contribution in [3.63, 3.8) is 0 Å². The van der Waals surface area contributed by atoms with E-state index in [0.29, 0.717) is 10.6 Å². The molecule has 0 spiro atoms. The van der Waals surface area contributed by atoms with Crippen molar-refractivity contribution in [1.82, 2.24) is 4.31 Å². The van der Waals surface area contributed by atoms with Crippen LogP contribution in [-0.2, 0) is 14.8 Å². The monoisotopic (exact) mass is 305 g/mol. The van der Waals surface area contributed by atoms with Gasteiger partial charge in [0.2, 0.25) is 10.0 Å². The zero-order chi connectivity index (χ0) is 14.8. The Morgan fingerprint density at radius 1 is 1.47 bits per heavy atom. The molecule has 1 rings (SSSR count). The summed E-state index contributed by atoms with van der Waals surface area (Å²) < 4.78 is 25.7. The molecule has 0 aromatic heterocycles. The highest BCUT2D eigenvalue weighted by atomic mass is 35.5. The maximum atomic E-state index is 12.4. The topological polar surface area (TPSA) is 74.7 Å². The number of hydrogen-bond acceptors (Lipinski definition) is 3. The molecule has 0 aliphatic rings. The van der Waals surface area contributed by atoms with E-state index in [2.05, 4.69) is 0 Å². The average molecular weight is 306 g/mol. The summed E-state index contributed by atoms with van der Waals surface area (Å²) in [5.41, 5.74) is 0.486. The van der Waals surface area contributed by atoms with Crippen LogP contribution in [0.3, 0.4) is 0 Å². The lowest BCUT2D eigenvalue weighted by Crippen LogP contribution is -2.42. The van der Waals surface area contributed by atoms with Crippen molar-refractivity contribution in [1.29, 1.82) is 0 Å². The first-order valence-corrected chi connectivity index (χ1v) is 7.50. The number of hydrogen-bond donors (Lipinski definition) is 1. The van der Waals surface area contributed by atoms with Crippen molar-refractivity contribution < 1.29 is 18.3 Å². The SMILES string of the molecule is CCC(C(=O)O)N(C)S(=O)(=O)c1ccc(Cl)cc1C. The first kappa shape index (κ1) is 15.9. The van der Waals surface area contributed by atoms with Gasteiger partial charge in [0.25, 0.3) is 0 Å². The van der Waals surface area contributed by atoms with Crippen LogP contribution >= 0.6 is 11.6 Å². The number of carboxylic acids is 1. The Labute approximate surface area is 117 Å². The van der Waals surface area contributed by atoms with Gasteiger partial charge in [-0.3, -0.25) is 4.79 Å². The van der Waals surface area contributed by atoms with E-state index in [1.54, 1.807) is 13.8 Å². The highest BCUT2D eigenvalue weighted by Gasteiger charge is 2.32. The molecule has 0 bridgehead atoms. The fourth-order valence-electron chi connectivity index (χ4n) is 1.81. The van der Waals surface area contributed by atoms with Crippen molar-refractivity contribution in [2.45, 2.75) is 31.2 Å². The minimum Gasteiger partial charge on any atom is -0.480 e. The van der Waals surface area contributed by atoms with Crippen LogP contribution in [0.4, 0.5) is 0 Å². The molecule has 0 radical (unpaired) electrons. The van der Waals surface area contributed by atoms with Crippen LogP contribution in [0.2, 0.25) is 5.02 Å². The lowest BCUT2D eigenvalue weighted by molar-refractivity contribution is -0.141. The largest absolute Gasteiger partial charge is 0.480 e. The molecule has 0 aliphatic heterocycles. The van der Waals surface area contributed by atoms with Gasteiger partial charge in [0, 0.05) is 12.1 Å². The number of nitrogens with zero attached hydrogens (tertiary/aromatic N) is 1. The Morgan fingerprint density at radius 2 is 2.05 bits per heavy atom. The molecule has 7 heteroatoms. The summed E-state index contributed by atoms with van der Waals surface area (Å²) in [5, 5.41) is 9.47. The molecule has 106 valence electrons. The van der Waals surface area contributed by atoms with E-state index in [0.717, 1.165) is 4.31 Å². The first-order chi connectivity index (χ1) is 8.71. The van der Waals surface area contributed by atoms with Crippen LogP contribution in [0.1, 0.15) is 18.9 Å². The van der Waals surface area contributed by atoms with Crippen LogP contribution in [0, 0.1) is 6.92 Å². The fourth-order valence-corrected chi connectivity index (χ4v) is 3.63. The summed E-state index contributed by atoms with van der Waals surface area (Å²) in [7, 11) is -2.58. The van der Waals surface area contributed by atoms with Gasteiger partial charge in [0.1, 0.15) is 6.04 Å². The normalized spacial score (nSPS) is 13.5. The summed E-state index contributed by atoms with van der Waals surface area (Å²) in [6.07, 6.45) is 0.192. The number of halogens is 1. The number of sulfonamides is 1. The number of carboxylic acid groups (broad SMARTS) is 1. The second-order valence-electron chi connectivity index (χ2n) is 4.19. The minimum absolute atomic E-state index is 0.0686. The number of benzene rings is 1. The Bertz CT molecular complexity index is 585. The number of likely N-dealkylation sites (N-methyl/N-ethyl adjacent to an activating group) is 1. The lowest BCUT2D eigenvalue weighted by atomic mass is 10.2. The fraction of sp³-hybridized carbons (Fsp3) is 0.417. The smallest absolute Gasteiger partial charge is 0.321 e. The van der Waals surface area contributed by atoms with Gasteiger partial charge in [-0.25, -0.2) is 8.42 Å². The molecule has 0 saturated heterocycles. The third kappa shape index (κ3) is 3.26. The third-order valence-electron chi connectivity index (χ3n) is 2.90. The van der Waals surface area contributed by atoms with Crippen molar-refractivity contribution in [2.24, 2.45) is 0 Å². The van der Waals surface area contributed by atoms with Gasteiger partial charge in [0.05, 0.1) is 4.90 Å². The summed E-state index contributed by atoms with van der Waals surface area (Å²) in [4.78, 5) is 11.1. The van der Waals surface area contributed by atoms with Crippen molar-refractivity contribution in [3.8, 4) is 0 Å². The molecule has 0 aliphatic carbocycles. The highest BCUT2D eigenvalue weighted by molar-refractivity contribution is 7.89. The molecule has 1 unspecified atom stereocenters. The average Bonchev–Trinajstić information content (AvgIpc) is 2.28. The molecule has 1 aromatic rings. The Hall–Kier alpha value is -1.11. The van der Waals surface area contributed by atoms with E-state index in [-0.39, 0.29) is 11.3 Å². The van der Waals surface area contributed by atoms with Gasteiger partial charge >= 0.3 is 5.97 Å². The van der Waals surface area contributed by atoms with Crippen LogP contribution in [0.15, 0.2) is 23.1 Å². The molecule has 1 atom stereocenters. The van der Waals surface area contributed by atoms with E-state index >= 15 is 0 Å². The molecule has 1 N–H and O–H groups in total. The summed E-state index contributed by atoms with van der Waals surface area (Å²) in [5.74, 6) is -1.17. The van der Waals surface area contributed by atoms with E-state index in [9.17, 15) is 13.2 Å².